The van der Waals surface area contributed by atoms with Gasteiger partial charge < -0.3 is 0 Å². The minimum atomic E-state index is -1.04. The average molecular weight is 298 g/mol. The average Bonchev–Trinajstić information content (AvgIpc) is 2.89. The highest BCUT2D eigenvalue weighted by molar-refractivity contribution is 6.60. The van der Waals surface area contributed by atoms with Gasteiger partial charge in [0, 0.05) is 0 Å². The molecule has 0 aromatic heterocycles. The molecule has 88 valence electrons. The molecule has 3 fully saturated rings. The van der Waals surface area contributed by atoms with Crippen molar-refractivity contribution < 1.29 is 0 Å². The fourth-order valence-corrected chi connectivity index (χ4v) is 6.76. The summed E-state index contributed by atoms with van der Waals surface area (Å²) >= 11 is 26.5. The van der Waals surface area contributed by atoms with Crippen molar-refractivity contribution in [1.82, 2.24) is 0 Å². The van der Waals surface area contributed by atoms with Crippen LogP contribution in [0.15, 0.2) is 12.2 Å². The summed E-state index contributed by atoms with van der Waals surface area (Å²) in [5, 5.41) is 0. The lowest BCUT2D eigenvalue weighted by atomic mass is 9.73. The van der Waals surface area contributed by atoms with E-state index in [2.05, 4.69) is 0 Å². The Morgan fingerprint density at radius 1 is 0.812 bits per heavy atom. The molecule has 0 amide bonds. The van der Waals surface area contributed by atoms with E-state index in [1.165, 1.54) is 19.3 Å². The molecule has 0 aliphatic heterocycles. The lowest BCUT2D eigenvalue weighted by molar-refractivity contribution is 0.222. The van der Waals surface area contributed by atoms with E-state index in [4.69, 9.17) is 46.4 Å². The number of hydrogen-bond donors (Lipinski definition) is 0. The highest BCUT2D eigenvalue weighted by atomic mass is 35.5. The van der Waals surface area contributed by atoms with E-state index >= 15 is 0 Å². The van der Waals surface area contributed by atoms with Crippen molar-refractivity contribution in [2.24, 2.45) is 23.7 Å². The van der Waals surface area contributed by atoms with Crippen LogP contribution >= 0.6 is 46.4 Å². The predicted octanol–water partition coefficient (Wildman–Crippen LogP) is 4.36. The summed E-state index contributed by atoms with van der Waals surface area (Å²) < 4.78 is -1.04. The Hall–Kier alpha value is 0.900. The number of fused-ring (bicyclic) bond motifs is 9. The second-order valence-electron chi connectivity index (χ2n) is 5.83. The molecular weight excluding hydrogens is 286 g/mol. The van der Waals surface area contributed by atoms with Crippen molar-refractivity contribution in [1.29, 1.82) is 0 Å². The fraction of sp³-hybridized carbons (Fsp3) is 0.833. The monoisotopic (exact) mass is 296 g/mol. The van der Waals surface area contributed by atoms with Crippen LogP contribution in [0.4, 0.5) is 0 Å². The van der Waals surface area contributed by atoms with Gasteiger partial charge in [0.05, 0.1) is 0 Å². The second-order valence-corrected chi connectivity index (χ2v) is 8.41. The van der Waals surface area contributed by atoms with Gasteiger partial charge in [-0.1, -0.05) is 35.4 Å². The maximum Gasteiger partial charge on any atom is 0.163 e. The molecule has 4 aliphatic carbocycles. The van der Waals surface area contributed by atoms with Crippen molar-refractivity contribution in [3.05, 3.63) is 12.2 Å². The molecule has 0 spiro atoms. The van der Waals surface area contributed by atoms with E-state index in [1.54, 1.807) is 0 Å². The number of allylic oxidation sites excluding steroid dienone is 2. The Morgan fingerprint density at radius 2 is 1.25 bits per heavy atom. The molecule has 0 aromatic rings. The van der Waals surface area contributed by atoms with Gasteiger partial charge in [-0.05, 0) is 42.9 Å². The van der Waals surface area contributed by atoms with Crippen LogP contribution in [0.25, 0.3) is 0 Å². The number of alkyl halides is 4. The number of rotatable bonds is 0. The quantitative estimate of drug-likeness (QED) is 0.354. The Kier molecular flexibility index (Phi) is 1.85. The van der Waals surface area contributed by atoms with Gasteiger partial charge in [0.1, 0.15) is 9.75 Å². The molecule has 4 bridgehead atoms. The second kappa shape index (κ2) is 2.74. The lowest BCUT2D eigenvalue weighted by Gasteiger charge is -2.36. The molecule has 4 rings (SSSR count). The molecule has 0 unspecified atom stereocenters. The van der Waals surface area contributed by atoms with Gasteiger partial charge in [-0.25, -0.2) is 0 Å². The van der Waals surface area contributed by atoms with Crippen LogP contribution in [0.1, 0.15) is 19.3 Å². The van der Waals surface area contributed by atoms with Gasteiger partial charge >= 0.3 is 0 Å². The zero-order valence-corrected chi connectivity index (χ0v) is 11.6. The highest BCUT2D eigenvalue weighted by Crippen LogP contribution is 2.77. The van der Waals surface area contributed by atoms with Crippen molar-refractivity contribution in [2.75, 3.05) is 0 Å². The van der Waals surface area contributed by atoms with Crippen LogP contribution in [0.2, 0.25) is 0 Å². The van der Waals surface area contributed by atoms with Crippen LogP contribution in [0, 0.1) is 23.7 Å². The van der Waals surface area contributed by atoms with Crippen LogP contribution in [0.5, 0.6) is 0 Å². The third-order valence-corrected chi connectivity index (χ3v) is 8.38. The Balaban J connectivity index is 1.95. The van der Waals surface area contributed by atoms with Gasteiger partial charge in [0.25, 0.3) is 0 Å². The molecule has 0 N–H and O–H groups in total. The highest BCUT2D eigenvalue weighted by Gasteiger charge is 2.80. The molecule has 4 heteroatoms. The maximum absolute atomic E-state index is 6.74. The first kappa shape index (κ1) is 10.8. The normalized spacial score (nSPS) is 64.2. The van der Waals surface area contributed by atoms with E-state index in [9.17, 15) is 0 Å². The van der Waals surface area contributed by atoms with Gasteiger partial charge in [0.15, 0.2) is 4.33 Å². The molecule has 0 saturated heterocycles. The van der Waals surface area contributed by atoms with Crippen LogP contribution < -0.4 is 0 Å². The van der Waals surface area contributed by atoms with Gasteiger partial charge in [-0.15, -0.1) is 23.2 Å². The van der Waals surface area contributed by atoms with Crippen LogP contribution in [-0.4, -0.2) is 14.1 Å². The Bertz CT molecular complexity index is 370. The summed E-state index contributed by atoms with van der Waals surface area (Å²) in [7, 11) is 0. The number of halogens is 4. The Morgan fingerprint density at radius 3 is 1.69 bits per heavy atom. The third kappa shape index (κ3) is 0.830. The minimum Gasteiger partial charge on any atom is -0.111 e. The van der Waals surface area contributed by atoms with Crippen molar-refractivity contribution in [3.63, 3.8) is 0 Å². The van der Waals surface area contributed by atoms with E-state index < -0.39 is 14.1 Å². The molecule has 0 aromatic carbocycles. The van der Waals surface area contributed by atoms with Crippen molar-refractivity contribution in [2.45, 2.75) is 33.3 Å². The first-order valence-corrected chi connectivity index (χ1v) is 7.39. The summed E-state index contributed by atoms with van der Waals surface area (Å²) in [5.74, 6) is 2.11. The zero-order valence-electron chi connectivity index (χ0n) is 8.60. The van der Waals surface area contributed by atoms with E-state index in [0.717, 1.165) is 0 Å². The third-order valence-electron chi connectivity index (χ3n) is 5.42. The summed E-state index contributed by atoms with van der Waals surface area (Å²) in [6.45, 7) is 0. The summed E-state index contributed by atoms with van der Waals surface area (Å²) in [6, 6.07) is 0. The van der Waals surface area contributed by atoms with E-state index in [0.29, 0.717) is 23.7 Å². The van der Waals surface area contributed by atoms with Crippen LogP contribution in [-0.2, 0) is 0 Å². The SMILES string of the molecule is ClC1(Cl)[C@@]2(Cl)C=C[C@]1(Cl)[C@@H]1[C@H]3CC[C@H](C3)[C@@H]12. The van der Waals surface area contributed by atoms with Gasteiger partial charge in [-0.2, -0.15) is 0 Å². The summed E-state index contributed by atoms with van der Waals surface area (Å²) in [4.78, 5) is -1.27. The molecule has 0 heterocycles. The Labute approximate surface area is 115 Å². The summed E-state index contributed by atoms with van der Waals surface area (Å²) in [6.07, 6.45) is 7.73. The van der Waals surface area contributed by atoms with E-state index in [1.807, 2.05) is 12.2 Å². The first-order chi connectivity index (χ1) is 7.42. The van der Waals surface area contributed by atoms with Gasteiger partial charge in [-0.3, -0.25) is 0 Å². The van der Waals surface area contributed by atoms with Crippen LogP contribution in [0.3, 0.4) is 0 Å². The zero-order chi connectivity index (χ0) is 11.3. The van der Waals surface area contributed by atoms with Crippen molar-refractivity contribution >= 4 is 46.4 Å². The van der Waals surface area contributed by atoms with E-state index in [-0.39, 0.29) is 0 Å². The molecule has 3 saturated carbocycles. The molecule has 6 atom stereocenters. The number of hydrogen-bond acceptors (Lipinski definition) is 0. The minimum absolute atomic E-state index is 0.380. The molecule has 16 heavy (non-hydrogen) atoms. The fourth-order valence-electron chi connectivity index (χ4n) is 4.89. The molecule has 4 aliphatic rings. The van der Waals surface area contributed by atoms with Gasteiger partial charge in [0.2, 0.25) is 0 Å². The topological polar surface area (TPSA) is 0 Å². The molecule has 0 radical (unpaired) electrons. The summed E-state index contributed by atoms with van der Waals surface area (Å²) in [5.41, 5.74) is 0. The largest absolute Gasteiger partial charge is 0.163 e. The smallest absolute Gasteiger partial charge is 0.111 e. The molecular formula is C12H12Cl4. The molecule has 0 nitrogen and oxygen atoms in total. The standard InChI is InChI=1S/C12H12Cl4/c13-10-3-4-11(14,12(10,15)16)9-7-2-1-6(5-7)8(9)10/h3-4,6-9H,1-2,5H2/t6-,7+,8+,9-,10-,11+. The first-order valence-electron chi connectivity index (χ1n) is 5.88. The lowest BCUT2D eigenvalue weighted by Crippen LogP contribution is -2.44. The predicted molar refractivity (Wildman–Crippen MR) is 68.6 cm³/mol. The van der Waals surface area contributed by atoms with Crippen molar-refractivity contribution in [3.8, 4) is 0 Å². The maximum atomic E-state index is 6.74.